The van der Waals surface area contributed by atoms with Gasteiger partial charge in [0.25, 0.3) is 5.91 Å². The van der Waals surface area contributed by atoms with E-state index in [1.54, 1.807) is 13.1 Å². The maximum absolute atomic E-state index is 13.6. The summed E-state index contributed by atoms with van der Waals surface area (Å²) in [4.78, 5) is 25.2. The van der Waals surface area contributed by atoms with Gasteiger partial charge in [-0.1, -0.05) is 23.4 Å². The Kier molecular flexibility index (Phi) is 8.74. The molecule has 0 unspecified atom stereocenters. The first-order chi connectivity index (χ1) is 18.9. The zero-order valence-corrected chi connectivity index (χ0v) is 21.6. The molecule has 2 aromatic carbocycles. The molecule has 13 heteroatoms. The lowest BCUT2D eigenvalue weighted by atomic mass is 9.98. The summed E-state index contributed by atoms with van der Waals surface area (Å²) in [5, 5.41) is 4.93. The number of para-hydroxylation sites is 1. The zero-order valence-electron chi connectivity index (χ0n) is 21.6. The Bertz CT molecular complexity index is 1340. The van der Waals surface area contributed by atoms with Crippen molar-refractivity contribution in [2.75, 3.05) is 39.3 Å². The molecule has 4 rings (SSSR count). The lowest BCUT2D eigenvalue weighted by Crippen LogP contribution is -2.56. The van der Waals surface area contributed by atoms with Gasteiger partial charge in [-0.2, -0.15) is 26.3 Å². The highest BCUT2D eigenvalue weighted by Crippen LogP contribution is 2.37. The second-order valence-corrected chi connectivity index (χ2v) is 9.69. The van der Waals surface area contributed by atoms with Gasteiger partial charge in [0.15, 0.2) is 0 Å². The van der Waals surface area contributed by atoms with Gasteiger partial charge in [-0.3, -0.25) is 9.69 Å². The van der Waals surface area contributed by atoms with E-state index in [4.69, 9.17) is 10.6 Å². The number of piperazine rings is 1. The number of H-pyrrole nitrogens is 1. The molecular formula is C27H29F6N5O2. The van der Waals surface area contributed by atoms with Crippen LogP contribution < -0.4 is 5.73 Å². The normalized spacial score (nSPS) is 17.4. The number of nitrogens with one attached hydrogen (secondary N) is 1. The Morgan fingerprint density at radius 1 is 1.07 bits per heavy atom. The first-order valence-corrected chi connectivity index (χ1v) is 12.6. The Balaban J connectivity index is 1.66. The minimum absolute atomic E-state index is 0.0208. The quantitative estimate of drug-likeness (QED) is 0.175. The monoisotopic (exact) mass is 569 g/mol. The molecule has 1 aliphatic heterocycles. The van der Waals surface area contributed by atoms with Crippen molar-refractivity contribution in [3.63, 3.8) is 0 Å². The number of carbonyl (C=O) groups is 1. The van der Waals surface area contributed by atoms with Crippen LogP contribution in [0.5, 0.6) is 0 Å². The van der Waals surface area contributed by atoms with Crippen molar-refractivity contribution in [3.05, 3.63) is 70.9 Å². The molecular weight excluding hydrogens is 540 g/mol. The Hall–Kier alpha value is -3.58. The summed E-state index contributed by atoms with van der Waals surface area (Å²) in [7, 11) is 0. The van der Waals surface area contributed by atoms with E-state index in [1.807, 2.05) is 29.2 Å². The first-order valence-electron chi connectivity index (χ1n) is 12.6. The fraction of sp³-hybridized carbons (Fsp3) is 0.407. The van der Waals surface area contributed by atoms with Gasteiger partial charge < -0.3 is 20.5 Å². The molecule has 0 radical (unpaired) electrons. The van der Waals surface area contributed by atoms with E-state index < -0.39 is 41.0 Å². The predicted octanol–water partition coefficient (Wildman–Crippen LogP) is 4.93. The van der Waals surface area contributed by atoms with Crippen LogP contribution in [-0.4, -0.2) is 71.8 Å². The summed E-state index contributed by atoms with van der Waals surface area (Å²) < 4.78 is 80.8. The van der Waals surface area contributed by atoms with Crippen LogP contribution in [0.4, 0.5) is 26.3 Å². The van der Waals surface area contributed by atoms with Crippen molar-refractivity contribution in [2.45, 2.75) is 31.7 Å². The molecule has 3 N–H and O–H groups in total. The van der Waals surface area contributed by atoms with Gasteiger partial charge in [-0.15, -0.1) is 0 Å². The van der Waals surface area contributed by atoms with Gasteiger partial charge in [0, 0.05) is 61.4 Å². The fourth-order valence-corrected chi connectivity index (χ4v) is 4.86. The number of aromatic amines is 1. The highest BCUT2D eigenvalue weighted by Gasteiger charge is 2.39. The number of nitrogens with zero attached hydrogens (tertiary/aromatic N) is 3. The molecule has 40 heavy (non-hydrogen) atoms. The third kappa shape index (κ3) is 6.94. The van der Waals surface area contributed by atoms with E-state index in [0.717, 1.165) is 16.5 Å². The van der Waals surface area contributed by atoms with Crippen LogP contribution in [-0.2, 0) is 23.6 Å². The molecule has 3 aromatic rings. The zero-order chi connectivity index (χ0) is 29.1. The summed E-state index contributed by atoms with van der Waals surface area (Å²) in [6, 6.07) is 7.96. The molecule has 1 aromatic heterocycles. The number of nitrogens with two attached hydrogens (primary N) is 1. The van der Waals surface area contributed by atoms with E-state index in [1.165, 1.54) is 4.90 Å². The second kappa shape index (κ2) is 11.9. The molecule has 1 saturated heterocycles. The molecule has 7 nitrogen and oxygen atoms in total. The Morgan fingerprint density at radius 2 is 1.75 bits per heavy atom. The molecule has 1 fully saturated rings. The van der Waals surface area contributed by atoms with Crippen LogP contribution in [0.3, 0.4) is 0 Å². The summed E-state index contributed by atoms with van der Waals surface area (Å²) in [5.74, 6) is -0.891. The third-order valence-electron chi connectivity index (χ3n) is 6.67. The van der Waals surface area contributed by atoms with Crippen molar-refractivity contribution >= 4 is 22.5 Å². The van der Waals surface area contributed by atoms with Gasteiger partial charge in [0.1, 0.15) is 6.61 Å². The molecule has 1 atom stereocenters. The maximum Gasteiger partial charge on any atom is 0.416 e. The minimum Gasteiger partial charge on any atom is -0.394 e. The van der Waals surface area contributed by atoms with Gasteiger partial charge >= 0.3 is 12.4 Å². The summed E-state index contributed by atoms with van der Waals surface area (Å²) in [6.07, 6.45) is -7.98. The molecule has 216 valence electrons. The Morgan fingerprint density at radius 3 is 2.40 bits per heavy atom. The van der Waals surface area contributed by atoms with Gasteiger partial charge in [0.05, 0.1) is 16.8 Å². The van der Waals surface area contributed by atoms with Crippen LogP contribution in [0.25, 0.3) is 10.9 Å². The highest BCUT2D eigenvalue weighted by atomic mass is 19.4. The third-order valence-corrected chi connectivity index (χ3v) is 6.67. The first kappa shape index (κ1) is 29.4. The van der Waals surface area contributed by atoms with Crippen molar-refractivity contribution in [1.82, 2.24) is 14.8 Å². The molecule has 1 amide bonds. The number of amides is 1. The number of alkyl halides is 6. The van der Waals surface area contributed by atoms with E-state index in [-0.39, 0.29) is 19.2 Å². The molecule has 0 aliphatic carbocycles. The standard InChI is InChI=1S/C27H29F6N5O2/c1-17(36-40-9-6-34)15-37-7-8-38(22(16-37)12-19-14-35-24-5-3-2-4-23(19)24)25(39)18-10-20(26(28,29)30)13-21(11-18)27(31,32)33/h2-5,10-11,13-14,22,35H,6-9,12,15-16,34H2,1H3/t22-/m1/s1. The van der Waals surface area contributed by atoms with Gasteiger partial charge in [0.2, 0.25) is 0 Å². The van der Waals surface area contributed by atoms with Crippen LogP contribution in [0.1, 0.15) is 34.0 Å². The van der Waals surface area contributed by atoms with Crippen molar-refractivity contribution in [3.8, 4) is 0 Å². The van der Waals surface area contributed by atoms with Crippen molar-refractivity contribution in [1.29, 1.82) is 0 Å². The molecule has 0 bridgehead atoms. The summed E-state index contributed by atoms with van der Waals surface area (Å²) >= 11 is 0. The number of oxime groups is 1. The number of carbonyl (C=O) groups excluding carboxylic acids is 1. The van der Waals surface area contributed by atoms with E-state index in [2.05, 4.69) is 10.1 Å². The van der Waals surface area contributed by atoms with Gasteiger partial charge in [-0.05, 0) is 43.2 Å². The number of hydrogen-bond donors (Lipinski definition) is 2. The molecule has 1 aliphatic rings. The SMILES string of the molecule is CC(CN1CCN(C(=O)c2cc(C(F)(F)F)cc(C(F)(F)F)c2)[C@H](Cc2c[nH]c3ccccc23)C1)=NOCCN. The van der Waals surface area contributed by atoms with E-state index in [0.29, 0.717) is 50.4 Å². The topological polar surface area (TPSA) is 87.0 Å². The van der Waals surface area contributed by atoms with Crippen LogP contribution >= 0.6 is 0 Å². The number of rotatable bonds is 8. The maximum atomic E-state index is 13.6. The van der Waals surface area contributed by atoms with Crippen molar-refractivity contribution < 1.29 is 36.0 Å². The highest BCUT2D eigenvalue weighted by molar-refractivity contribution is 5.95. The lowest BCUT2D eigenvalue weighted by Gasteiger charge is -2.41. The Labute approximate surface area is 226 Å². The van der Waals surface area contributed by atoms with E-state index in [9.17, 15) is 31.1 Å². The van der Waals surface area contributed by atoms with Crippen LogP contribution in [0, 0.1) is 0 Å². The van der Waals surface area contributed by atoms with Crippen LogP contribution in [0.2, 0.25) is 0 Å². The molecule has 2 heterocycles. The largest absolute Gasteiger partial charge is 0.416 e. The minimum atomic E-state index is -5.05. The van der Waals surface area contributed by atoms with Gasteiger partial charge in [-0.25, -0.2) is 0 Å². The summed E-state index contributed by atoms with van der Waals surface area (Å²) in [6.45, 7) is 3.48. The fourth-order valence-electron chi connectivity index (χ4n) is 4.86. The average Bonchev–Trinajstić information content (AvgIpc) is 3.30. The number of hydrogen-bond acceptors (Lipinski definition) is 5. The molecule has 0 spiro atoms. The lowest BCUT2D eigenvalue weighted by molar-refractivity contribution is -0.143. The summed E-state index contributed by atoms with van der Waals surface area (Å²) in [5.41, 5.74) is 4.10. The number of aromatic nitrogens is 1. The average molecular weight is 570 g/mol. The number of halogens is 6. The smallest absolute Gasteiger partial charge is 0.394 e. The number of benzene rings is 2. The second-order valence-electron chi connectivity index (χ2n) is 9.69. The van der Waals surface area contributed by atoms with E-state index >= 15 is 0 Å². The number of fused-ring (bicyclic) bond motifs is 1. The van der Waals surface area contributed by atoms with Crippen LogP contribution in [0.15, 0.2) is 53.8 Å². The molecule has 0 saturated carbocycles. The predicted molar refractivity (Wildman–Crippen MR) is 138 cm³/mol. The van der Waals surface area contributed by atoms with Crippen molar-refractivity contribution in [2.24, 2.45) is 10.9 Å².